The molecule has 0 heterocycles. The maximum Gasteiger partial charge on any atom is 0.272 e. The van der Waals surface area contributed by atoms with E-state index in [1.807, 2.05) is 0 Å². The van der Waals surface area contributed by atoms with Gasteiger partial charge in [0.25, 0.3) is 10.9 Å². The molecule has 1 aromatic rings. The van der Waals surface area contributed by atoms with Gasteiger partial charge in [0.05, 0.1) is 40.8 Å². The molecule has 5 heteroatoms. The Labute approximate surface area is 94.9 Å². The van der Waals surface area contributed by atoms with Gasteiger partial charge in [-0.2, -0.15) is 0 Å². The molecule has 1 aromatic carbocycles. The molecule has 90 valence electrons. The first kappa shape index (κ1) is 12.7. The molecule has 0 saturated carbocycles. The molecule has 0 radical (unpaired) electrons. The third kappa shape index (κ3) is 2.82. The summed E-state index contributed by atoms with van der Waals surface area (Å²) < 4.78 is 5.90. The monoisotopic (exact) mass is 227 g/mol. The minimum absolute atomic E-state index is 0.189. The molecule has 0 unspecified atom stereocenters. The SMILES string of the molecule is CCOc1c(NCC[N+](C)(C)C)c(=O)c1=O. The van der Waals surface area contributed by atoms with Crippen LogP contribution in [0.5, 0.6) is 5.75 Å². The predicted molar refractivity (Wildman–Crippen MR) is 63.9 cm³/mol. The Balaban J connectivity index is 2.58. The quantitative estimate of drug-likeness (QED) is 0.540. The van der Waals surface area contributed by atoms with Crippen molar-refractivity contribution in [2.75, 3.05) is 46.2 Å². The molecule has 1 N–H and O–H groups in total. The normalized spacial score (nSPS) is 11.8. The van der Waals surface area contributed by atoms with Gasteiger partial charge in [0.1, 0.15) is 5.69 Å². The van der Waals surface area contributed by atoms with Crippen LogP contribution in [0.15, 0.2) is 9.59 Å². The topological polar surface area (TPSA) is 55.4 Å². The Hall–Kier alpha value is -1.36. The van der Waals surface area contributed by atoms with Gasteiger partial charge >= 0.3 is 0 Å². The van der Waals surface area contributed by atoms with Crippen molar-refractivity contribution in [3.63, 3.8) is 0 Å². The Kier molecular flexibility index (Phi) is 3.70. The Morgan fingerprint density at radius 3 is 2.31 bits per heavy atom. The minimum atomic E-state index is -0.519. The molecule has 0 fully saturated rings. The summed E-state index contributed by atoms with van der Waals surface area (Å²) in [5.74, 6) is 0.189. The highest BCUT2D eigenvalue weighted by atomic mass is 16.5. The number of quaternary nitrogens is 1. The van der Waals surface area contributed by atoms with Crippen LogP contribution in [0.1, 0.15) is 6.92 Å². The molecule has 0 aromatic heterocycles. The van der Waals surface area contributed by atoms with E-state index in [-0.39, 0.29) is 5.75 Å². The first-order valence-corrected chi connectivity index (χ1v) is 5.37. The number of hydrogen-bond acceptors (Lipinski definition) is 4. The molecule has 0 atom stereocenters. The lowest BCUT2D eigenvalue weighted by Gasteiger charge is -2.24. The second kappa shape index (κ2) is 4.65. The zero-order valence-corrected chi connectivity index (χ0v) is 10.3. The summed E-state index contributed by atoms with van der Waals surface area (Å²) in [5, 5.41) is 2.96. The molecule has 0 aliphatic carbocycles. The molecule has 0 aliphatic heterocycles. The number of likely N-dealkylation sites (N-methyl/N-ethyl adjacent to an activating group) is 1. The van der Waals surface area contributed by atoms with Crippen molar-refractivity contribution in [1.82, 2.24) is 0 Å². The molecule has 0 bridgehead atoms. The number of rotatable bonds is 6. The number of ether oxygens (including phenoxy) is 1. The summed E-state index contributed by atoms with van der Waals surface area (Å²) in [5.41, 5.74) is -0.653. The van der Waals surface area contributed by atoms with E-state index in [2.05, 4.69) is 26.5 Å². The van der Waals surface area contributed by atoms with Crippen LogP contribution in [0, 0.1) is 0 Å². The molecule has 0 spiro atoms. The van der Waals surface area contributed by atoms with E-state index < -0.39 is 10.9 Å². The van der Waals surface area contributed by atoms with Crippen molar-refractivity contribution >= 4 is 5.69 Å². The molecular weight excluding hydrogens is 208 g/mol. The molecule has 16 heavy (non-hydrogen) atoms. The van der Waals surface area contributed by atoms with Crippen molar-refractivity contribution in [2.24, 2.45) is 0 Å². The van der Waals surface area contributed by atoms with Crippen molar-refractivity contribution in [3.05, 3.63) is 20.4 Å². The van der Waals surface area contributed by atoms with Gasteiger partial charge in [-0.05, 0) is 6.92 Å². The fourth-order valence-corrected chi connectivity index (χ4v) is 1.33. The van der Waals surface area contributed by atoms with Crippen LogP contribution in [-0.4, -0.2) is 45.3 Å². The third-order valence-corrected chi connectivity index (χ3v) is 2.24. The van der Waals surface area contributed by atoms with Crippen LogP contribution in [0.2, 0.25) is 0 Å². The molecular formula is C11H19N2O3+. The van der Waals surface area contributed by atoms with Crippen molar-refractivity contribution < 1.29 is 9.22 Å². The largest absolute Gasteiger partial charge is 0.488 e. The second-order valence-corrected chi connectivity index (χ2v) is 4.74. The Bertz CT molecular complexity index is 425. The lowest BCUT2D eigenvalue weighted by Crippen LogP contribution is -2.41. The summed E-state index contributed by atoms with van der Waals surface area (Å²) in [6.45, 7) is 3.69. The van der Waals surface area contributed by atoms with Crippen LogP contribution in [0.4, 0.5) is 5.69 Å². The van der Waals surface area contributed by atoms with Crippen LogP contribution < -0.4 is 20.9 Å². The Morgan fingerprint density at radius 1 is 1.19 bits per heavy atom. The van der Waals surface area contributed by atoms with Crippen molar-refractivity contribution in [1.29, 1.82) is 0 Å². The van der Waals surface area contributed by atoms with Gasteiger partial charge in [0.15, 0.2) is 5.75 Å². The molecule has 0 amide bonds. The lowest BCUT2D eigenvalue weighted by molar-refractivity contribution is -0.868. The van der Waals surface area contributed by atoms with E-state index >= 15 is 0 Å². The van der Waals surface area contributed by atoms with Gasteiger partial charge in [0.2, 0.25) is 0 Å². The van der Waals surface area contributed by atoms with E-state index in [1.165, 1.54) is 0 Å². The Morgan fingerprint density at radius 2 is 1.81 bits per heavy atom. The first-order valence-electron chi connectivity index (χ1n) is 5.37. The highest BCUT2D eigenvalue weighted by Crippen LogP contribution is 2.16. The van der Waals surface area contributed by atoms with E-state index in [9.17, 15) is 9.59 Å². The number of nitrogens with one attached hydrogen (secondary N) is 1. The smallest absolute Gasteiger partial charge is 0.272 e. The van der Waals surface area contributed by atoms with E-state index in [4.69, 9.17) is 4.74 Å². The van der Waals surface area contributed by atoms with Crippen LogP contribution in [0.25, 0.3) is 0 Å². The van der Waals surface area contributed by atoms with Crippen molar-refractivity contribution in [3.8, 4) is 5.75 Å². The average molecular weight is 227 g/mol. The molecule has 0 aliphatic rings. The highest BCUT2D eigenvalue weighted by molar-refractivity contribution is 5.61. The average Bonchev–Trinajstić information content (AvgIpc) is 2.20. The van der Waals surface area contributed by atoms with Crippen LogP contribution in [-0.2, 0) is 0 Å². The molecule has 1 rings (SSSR count). The van der Waals surface area contributed by atoms with Gasteiger partial charge in [-0.3, -0.25) is 9.59 Å². The zero-order chi connectivity index (χ0) is 12.3. The maximum absolute atomic E-state index is 11.2. The summed E-state index contributed by atoms with van der Waals surface area (Å²) in [6, 6.07) is 0. The fraction of sp³-hybridized carbons (Fsp3) is 0.636. The second-order valence-electron chi connectivity index (χ2n) is 4.74. The third-order valence-electron chi connectivity index (χ3n) is 2.24. The fourth-order valence-electron chi connectivity index (χ4n) is 1.33. The lowest BCUT2D eigenvalue weighted by atomic mass is 10.2. The molecule has 5 nitrogen and oxygen atoms in total. The van der Waals surface area contributed by atoms with Gasteiger partial charge in [-0.15, -0.1) is 0 Å². The van der Waals surface area contributed by atoms with Gasteiger partial charge in [-0.25, -0.2) is 0 Å². The van der Waals surface area contributed by atoms with E-state index in [1.54, 1.807) is 6.92 Å². The van der Waals surface area contributed by atoms with Gasteiger partial charge in [-0.1, -0.05) is 0 Å². The summed E-state index contributed by atoms with van der Waals surface area (Å²) in [7, 11) is 6.19. The first-order chi connectivity index (χ1) is 7.37. The predicted octanol–water partition coefficient (Wildman–Crippen LogP) is -0.201. The zero-order valence-electron chi connectivity index (χ0n) is 10.3. The summed E-state index contributed by atoms with van der Waals surface area (Å²) >= 11 is 0. The van der Waals surface area contributed by atoms with E-state index in [0.717, 1.165) is 11.0 Å². The minimum Gasteiger partial charge on any atom is -0.488 e. The standard InChI is InChI=1S/C11H18N2O3/c1-5-16-11-8(9(14)10(11)15)12-6-7-13(2,3)4/h5-7H2,1-4H3/p+1. The number of nitrogens with zero attached hydrogens (tertiary/aromatic N) is 1. The number of hydrogen-bond donors (Lipinski definition) is 1. The van der Waals surface area contributed by atoms with Gasteiger partial charge < -0.3 is 14.5 Å². The van der Waals surface area contributed by atoms with Crippen LogP contribution in [0.3, 0.4) is 0 Å². The highest BCUT2D eigenvalue weighted by Gasteiger charge is 2.22. The maximum atomic E-state index is 11.2. The van der Waals surface area contributed by atoms with E-state index in [0.29, 0.717) is 18.8 Å². The van der Waals surface area contributed by atoms with Gasteiger partial charge in [0, 0.05) is 0 Å². The van der Waals surface area contributed by atoms with Crippen LogP contribution >= 0.6 is 0 Å². The number of anilines is 1. The molecule has 0 saturated heterocycles. The summed E-state index contributed by atoms with van der Waals surface area (Å²) in [6.07, 6.45) is 0. The van der Waals surface area contributed by atoms with Crippen molar-refractivity contribution in [2.45, 2.75) is 6.92 Å². The summed E-state index contributed by atoms with van der Waals surface area (Å²) in [4.78, 5) is 22.4.